The van der Waals surface area contributed by atoms with Crippen LogP contribution in [0.4, 0.5) is 5.69 Å². The molecule has 5 nitrogen and oxygen atoms in total. The fourth-order valence-electron chi connectivity index (χ4n) is 2.17. The van der Waals surface area contributed by atoms with Crippen molar-refractivity contribution in [3.63, 3.8) is 0 Å². The van der Waals surface area contributed by atoms with Crippen molar-refractivity contribution in [3.05, 3.63) is 52.8 Å². The molecule has 1 heterocycles. The maximum Gasteiger partial charge on any atom is 0.260 e. The second-order valence-corrected chi connectivity index (χ2v) is 4.90. The van der Waals surface area contributed by atoms with E-state index in [2.05, 4.69) is 10.2 Å². The Bertz CT molecular complexity index is 637. The van der Waals surface area contributed by atoms with Gasteiger partial charge in [-0.3, -0.25) is 4.79 Å². The van der Waals surface area contributed by atoms with Crippen molar-refractivity contribution in [2.75, 3.05) is 11.4 Å². The normalized spacial score (nSPS) is 10.5. The minimum absolute atomic E-state index is 0.0616. The van der Waals surface area contributed by atoms with Gasteiger partial charge in [-0.2, -0.15) is 10.2 Å². The summed E-state index contributed by atoms with van der Waals surface area (Å²) in [5.74, 6) is -0.0616. The molecule has 0 atom stereocenters. The molecule has 2 N–H and O–H groups in total. The van der Waals surface area contributed by atoms with Crippen LogP contribution in [0.3, 0.4) is 0 Å². The number of nitrogens with two attached hydrogens (primary N) is 1. The number of anilines is 1. The summed E-state index contributed by atoms with van der Waals surface area (Å²) in [6.07, 6.45) is 0. The molecule has 0 aliphatic carbocycles. The van der Waals surface area contributed by atoms with Gasteiger partial charge in [-0.25, -0.2) is 0 Å². The van der Waals surface area contributed by atoms with Crippen LogP contribution in [0.2, 0.25) is 0 Å². The topological polar surface area (TPSA) is 72.1 Å². The number of carbonyl (C=O) groups excluding carboxylic acids is 1. The van der Waals surface area contributed by atoms with E-state index in [0.717, 1.165) is 16.9 Å². The molecular formula is C16H20N4O. The van der Waals surface area contributed by atoms with Crippen molar-refractivity contribution in [1.29, 1.82) is 0 Å². The zero-order valence-corrected chi connectivity index (χ0v) is 12.6. The third-order valence-corrected chi connectivity index (χ3v) is 3.38. The quantitative estimate of drug-likeness (QED) is 0.934. The lowest BCUT2D eigenvalue weighted by atomic mass is 10.1. The minimum Gasteiger partial charge on any atom is -0.326 e. The molecule has 0 aliphatic rings. The van der Waals surface area contributed by atoms with Crippen LogP contribution in [0.5, 0.6) is 0 Å². The Morgan fingerprint density at radius 2 is 1.86 bits per heavy atom. The second kappa shape index (κ2) is 6.45. The first-order valence-corrected chi connectivity index (χ1v) is 6.98. The van der Waals surface area contributed by atoms with Gasteiger partial charge in [0.05, 0.1) is 17.0 Å². The molecule has 2 aromatic rings. The lowest BCUT2D eigenvalue weighted by Gasteiger charge is -2.22. The fourth-order valence-corrected chi connectivity index (χ4v) is 2.17. The van der Waals surface area contributed by atoms with Gasteiger partial charge in [-0.1, -0.05) is 12.1 Å². The van der Waals surface area contributed by atoms with Crippen LogP contribution in [0.25, 0.3) is 0 Å². The number of hydrogen-bond donors (Lipinski definition) is 1. The van der Waals surface area contributed by atoms with Gasteiger partial charge in [0.2, 0.25) is 0 Å². The Labute approximate surface area is 124 Å². The Morgan fingerprint density at radius 1 is 1.19 bits per heavy atom. The molecule has 0 fully saturated rings. The van der Waals surface area contributed by atoms with E-state index in [9.17, 15) is 4.79 Å². The molecule has 0 saturated carbocycles. The molecule has 1 aromatic carbocycles. The monoisotopic (exact) mass is 284 g/mol. The molecule has 0 bridgehead atoms. The van der Waals surface area contributed by atoms with E-state index in [-0.39, 0.29) is 5.91 Å². The van der Waals surface area contributed by atoms with Crippen LogP contribution >= 0.6 is 0 Å². The van der Waals surface area contributed by atoms with Crippen molar-refractivity contribution < 1.29 is 4.79 Å². The van der Waals surface area contributed by atoms with Crippen molar-refractivity contribution in [2.24, 2.45) is 5.73 Å². The molecule has 5 heteroatoms. The van der Waals surface area contributed by atoms with E-state index in [1.807, 2.05) is 38.1 Å². The SMILES string of the molecule is CCN(C(=O)c1cc(C)nnc1C)c1ccc(CN)cc1. The van der Waals surface area contributed by atoms with Crippen LogP contribution < -0.4 is 10.6 Å². The predicted octanol–water partition coefficient (Wildman–Crippen LogP) is 2.22. The zero-order chi connectivity index (χ0) is 15.4. The van der Waals surface area contributed by atoms with Crippen LogP contribution in [0, 0.1) is 13.8 Å². The maximum absolute atomic E-state index is 12.7. The first-order chi connectivity index (χ1) is 10.1. The van der Waals surface area contributed by atoms with E-state index >= 15 is 0 Å². The zero-order valence-electron chi connectivity index (χ0n) is 12.6. The Hall–Kier alpha value is -2.27. The van der Waals surface area contributed by atoms with Crippen LogP contribution in [-0.2, 0) is 6.54 Å². The standard InChI is InChI=1S/C16H20N4O/c1-4-20(14-7-5-13(10-17)6-8-14)16(21)15-9-11(2)18-19-12(15)3/h5-9H,4,10,17H2,1-3H3. The predicted molar refractivity (Wildman–Crippen MR) is 83.2 cm³/mol. The summed E-state index contributed by atoms with van der Waals surface area (Å²) in [6, 6.07) is 9.49. The van der Waals surface area contributed by atoms with E-state index in [4.69, 9.17) is 5.73 Å². The third-order valence-electron chi connectivity index (χ3n) is 3.38. The summed E-state index contributed by atoms with van der Waals surface area (Å²) in [5.41, 5.74) is 9.46. The van der Waals surface area contributed by atoms with Gasteiger partial charge in [-0.05, 0) is 44.5 Å². The van der Waals surface area contributed by atoms with Gasteiger partial charge in [0, 0.05) is 18.8 Å². The molecule has 2 rings (SSSR count). The summed E-state index contributed by atoms with van der Waals surface area (Å²) in [5, 5.41) is 7.99. The van der Waals surface area contributed by atoms with Crippen molar-refractivity contribution in [2.45, 2.75) is 27.3 Å². The summed E-state index contributed by atoms with van der Waals surface area (Å²) >= 11 is 0. The number of nitrogens with zero attached hydrogens (tertiary/aromatic N) is 3. The van der Waals surface area contributed by atoms with Gasteiger partial charge >= 0.3 is 0 Å². The average molecular weight is 284 g/mol. The second-order valence-electron chi connectivity index (χ2n) is 4.90. The Morgan fingerprint density at radius 3 is 2.43 bits per heavy atom. The summed E-state index contributed by atoms with van der Waals surface area (Å²) in [7, 11) is 0. The van der Waals surface area contributed by atoms with E-state index in [0.29, 0.717) is 24.3 Å². The largest absolute Gasteiger partial charge is 0.326 e. The molecule has 0 radical (unpaired) electrons. The molecule has 0 aliphatic heterocycles. The highest BCUT2D eigenvalue weighted by Gasteiger charge is 2.19. The van der Waals surface area contributed by atoms with Gasteiger partial charge in [-0.15, -0.1) is 0 Å². The van der Waals surface area contributed by atoms with Gasteiger partial charge in [0.25, 0.3) is 5.91 Å². The van der Waals surface area contributed by atoms with Crippen molar-refractivity contribution in [3.8, 4) is 0 Å². The molecule has 0 spiro atoms. The molecule has 110 valence electrons. The number of benzene rings is 1. The lowest BCUT2D eigenvalue weighted by molar-refractivity contribution is 0.0987. The van der Waals surface area contributed by atoms with Gasteiger partial charge in [0.15, 0.2) is 0 Å². The molecule has 1 amide bonds. The lowest BCUT2D eigenvalue weighted by Crippen LogP contribution is -2.31. The van der Waals surface area contributed by atoms with Crippen LogP contribution in [-0.4, -0.2) is 22.6 Å². The molecule has 1 aromatic heterocycles. The Balaban J connectivity index is 2.35. The van der Waals surface area contributed by atoms with E-state index < -0.39 is 0 Å². The van der Waals surface area contributed by atoms with Gasteiger partial charge in [0.1, 0.15) is 0 Å². The summed E-state index contributed by atoms with van der Waals surface area (Å²) < 4.78 is 0. The number of carbonyl (C=O) groups is 1. The number of aryl methyl sites for hydroxylation is 2. The number of rotatable bonds is 4. The van der Waals surface area contributed by atoms with E-state index in [1.165, 1.54) is 0 Å². The highest BCUT2D eigenvalue weighted by Crippen LogP contribution is 2.19. The molecule has 0 unspecified atom stereocenters. The highest BCUT2D eigenvalue weighted by atomic mass is 16.2. The number of amides is 1. The smallest absolute Gasteiger partial charge is 0.260 e. The molecular weight excluding hydrogens is 264 g/mol. The van der Waals surface area contributed by atoms with E-state index in [1.54, 1.807) is 17.9 Å². The molecule has 21 heavy (non-hydrogen) atoms. The Kier molecular flexibility index (Phi) is 4.65. The first-order valence-electron chi connectivity index (χ1n) is 6.98. The van der Waals surface area contributed by atoms with Crippen molar-refractivity contribution in [1.82, 2.24) is 10.2 Å². The highest BCUT2D eigenvalue weighted by molar-refractivity contribution is 6.06. The summed E-state index contributed by atoms with van der Waals surface area (Å²) in [6.45, 7) is 6.65. The van der Waals surface area contributed by atoms with Crippen molar-refractivity contribution >= 4 is 11.6 Å². The first kappa shape index (κ1) is 15.1. The molecule has 0 saturated heterocycles. The fraction of sp³-hybridized carbons (Fsp3) is 0.312. The number of hydrogen-bond acceptors (Lipinski definition) is 4. The van der Waals surface area contributed by atoms with Gasteiger partial charge < -0.3 is 10.6 Å². The average Bonchev–Trinajstić information content (AvgIpc) is 2.51. The summed E-state index contributed by atoms with van der Waals surface area (Å²) in [4.78, 5) is 14.5. The maximum atomic E-state index is 12.7. The minimum atomic E-state index is -0.0616. The van der Waals surface area contributed by atoms with Crippen LogP contribution in [0.15, 0.2) is 30.3 Å². The number of aromatic nitrogens is 2. The third kappa shape index (κ3) is 3.25. The van der Waals surface area contributed by atoms with Crippen LogP contribution in [0.1, 0.15) is 34.2 Å².